The number of nitrogens with one attached hydrogen (secondary N) is 1. The number of aliphatic hydroxyl groups excluding tert-OH is 1. The van der Waals surface area contributed by atoms with Gasteiger partial charge in [-0.3, -0.25) is 19.2 Å². The van der Waals surface area contributed by atoms with E-state index in [-0.39, 0.29) is 12.5 Å². The molecule has 0 saturated carbocycles. The molecule has 6 unspecified atom stereocenters. The van der Waals surface area contributed by atoms with E-state index in [0.717, 1.165) is 11.1 Å². The molecule has 0 aliphatic carbocycles. The van der Waals surface area contributed by atoms with E-state index in [1.54, 1.807) is 44.3 Å². The van der Waals surface area contributed by atoms with Crippen LogP contribution in [0.4, 0.5) is 0 Å². The van der Waals surface area contributed by atoms with Crippen LogP contribution < -0.4 is 10.1 Å². The van der Waals surface area contributed by atoms with Crippen molar-refractivity contribution in [3.8, 4) is 16.9 Å². The second kappa shape index (κ2) is 14.1. The van der Waals surface area contributed by atoms with E-state index >= 15 is 0 Å². The number of amides is 1. The van der Waals surface area contributed by atoms with Crippen LogP contribution in [0, 0.1) is 6.92 Å². The molecule has 222 valence electrons. The van der Waals surface area contributed by atoms with Crippen LogP contribution in [0.25, 0.3) is 11.1 Å². The molecule has 12 nitrogen and oxygen atoms in total. The normalized spacial score (nSPS) is 22.7. The summed E-state index contributed by atoms with van der Waals surface area (Å²) in [5.41, 5.74) is 2.82. The summed E-state index contributed by atoms with van der Waals surface area (Å²) in [6.07, 6.45) is -7.50. The molecule has 2 aromatic rings. The van der Waals surface area contributed by atoms with Crippen molar-refractivity contribution < 1.29 is 52.7 Å². The van der Waals surface area contributed by atoms with Crippen LogP contribution in [0.1, 0.15) is 43.6 Å². The fourth-order valence-corrected chi connectivity index (χ4v) is 4.41. The van der Waals surface area contributed by atoms with Crippen molar-refractivity contribution in [3.05, 3.63) is 53.6 Å². The van der Waals surface area contributed by atoms with Gasteiger partial charge in [0, 0.05) is 33.4 Å². The molecule has 2 aromatic carbocycles. The monoisotopic (exact) mass is 573 g/mol. The smallest absolute Gasteiger partial charge is 0.303 e. The van der Waals surface area contributed by atoms with Gasteiger partial charge >= 0.3 is 17.9 Å². The molecule has 12 heteroatoms. The first-order valence-corrected chi connectivity index (χ1v) is 13.0. The van der Waals surface area contributed by atoms with Crippen molar-refractivity contribution in [2.24, 2.45) is 0 Å². The lowest BCUT2D eigenvalue weighted by molar-refractivity contribution is -0.309. The van der Waals surface area contributed by atoms with Crippen molar-refractivity contribution in [1.82, 2.24) is 5.32 Å². The van der Waals surface area contributed by atoms with Gasteiger partial charge < -0.3 is 38.8 Å². The van der Waals surface area contributed by atoms with Gasteiger partial charge in [-0.2, -0.15) is 0 Å². The maximum absolute atomic E-state index is 12.1. The van der Waals surface area contributed by atoms with E-state index in [2.05, 4.69) is 5.32 Å². The van der Waals surface area contributed by atoms with Gasteiger partial charge in [-0.05, 0) is 54.8 Å². The number of aliphatic hydroxyl groups is 1. The predicted molar refractivity (Wildman–Crippen MR) is 144 cm³/mol. The van der Waals surface area contributed by atoms with Gasteiger partial charge in [0.25, 0.3) is 5.91 Å². The molecule has 41 heavy (non-hydrogen) atoms. The second-order valence-corrected chi connectivity index (χ2v) is 9.45. The number of aryl methyl sites for hydroxylation is 1. The summed E-state index contributed by atoms with van der Waals surface area (Å²) < 4.78 is 33.9. The molecule has 3 rings (SSSR count). The quantitative estimate of drug-likeness (QED) is 0.244. The van der Waals surface area contributed by atoms with Crippen LogP contribution in [0.3, 0.4) is 0 Å². The van der Waals surface area contributed by atoms with Crippen LogP contribution in [-0.4, -0.2) is 79.6 Å². The lowest BCUT2D eigenvalue weighted by Crippen LogP contribution is -2.63. The molecular formula is C29H35NO11. The Balaban J connectivity index is 1.97. The molecule has 0 spiro atoms. The van der Waals surface area contributed by atoms with Gasteiger partial charge in [0.15, 0.2) is 18.5 Å². The first-order chi connectivity index (χ1) is 19.4. The van der Waals surface area contributed by atoms with Crippen molar-refractivity contribution >= 4 is 23.8 Å². The number of carbonyl (C=O) groups is 4. The number of hydrogen-bond donors (Lipinski definition) is 2. The Kier molecular flexibility index (Phi) is 10.8. The lowest BCUT2D eigenvalue weighted by atomic mass is 9.97. The molecular weight excluding hydrogens is 538 g/mol. The maximum atomic E-state index is 12.1. The zero-order valence-corrected chi connectivity index (χ0v) is 23.7. The average molecular weight is 574 g/mol. The highest BCUT2D eigenvalue weighted by atomic mass is 16.7. The van der Waals surface area contributed by atoms with Gasteiger partial charge in [0.05, 0.1) is 0 Å². The summed E-state index contributed by atoms with van der Waals surface area (Å²) >= 11 is 0. The largest absolute Gasteiger partial charge is 0.463 e. The summed E-state index contributed by atoms with van der Waals surface area (Å²) in [7, 11) is 1.56. The summed E-state index contributed by atoms with van der Waals surface area (Å²) in [6, 6.07) is 12.5. The minimum atomic E-state index is -1.35. The third-order valence-electron chi connectivity index (χ3n) is 6.10. The Morgan fingerprint density at radius 1 is 0.927 bits per heavy atom. The molecule has 6 atom stereocenters. The van der Waals surface area contributed by atoms with Crippen LogP contribution in [0.2, 0.25) is 0 Å². The third-order valence-corrected chi connectivity index (χ3v) is 6.10. The highest BCUT2D eigenvalue weighted by Gasteiger charge is 2.52. The van der Waals surface area contributed by atoms with Crippen molar-refractivity contribution in [1.29, 1.82) is 0 Å². The average Bonchev–Trinajstić information content (AvgIpc) is 2.90. The number of hydrogen-bond acceptors (Lipinski definition) is 11. The topological polar surface area (TPSA) is 156 Å². The summed E-state index contributed by atoms with van der Waals surface area (Å²) in [5, 5.41) is 12.6. The fourth-order valence-electron chi connectivity index (χ4n) is 4.41. The summed E-state index contributed by atoms with van der Waals surface area (Å²) in [4.78, 5) is 47.6. The van der Waals surface area contributed by atoms with Crippen molar-refractivity contribution in [3.63, 3.8) is 0 Å². The Bertz CT molecular complexity index is 1260. The van der Waals surface area contributed by atoms with Crippen LogP contribution in [0.15, 0.2) is 42.5 Å². The van der Waals surface area contributed by atoms with Gasteiger partial charge in [-0.1, -0.05) is 18.2 Å². The number of rotatable bonds is 10. The van der Waals surface area contributed by atoms with Crippen LogP contribution in [-0.2, 0) is 38.1 Å². The minimum Gasteiger partial charge on any atom is -0.463 e. The van der Waals surface area contributed by atoms with E-state index in [0.29, 0.717) is 16.9 Å². The SMILES string of the molecule is CNC(=O)c1cccc(-c2ccc(OC3OC(COC(C)=O)C(OC(C)=O)C(OC(C)O)C3OC(C)=O)c(C)c2)c1. The third kappa shape index (κ3) is 8.49. The standard InChI is InChI=1S/C29H35NO11/c1-15-12-21(20-8-7-9-22(13-20)28(35)30-6)10-11-23(15)40-29-27(39-19(5)34)26(38-18(4)33)25(37-17(3)32)24(41-29)14-36-16(2)31/h7-13,18,24-27,29,33H,14H2,1-6H3,(H,30,35). The van der Waals surface area contributed by atoms with Gasteiger partial charge in [0.1, 0.15) is 24.6 Å². The highest BCUT2D eigenvalue weighted by molar-refractivity contribution is 5.95. The summed E-state index contributed by atoms with van der Waals surface area (Å²) in [5.74, 6) is -1.84. The van der Waals surface area contributed by atoms with E-state index in [4.69, 9.17) is 28.4 Å². The Morgan fingerprint density at radius 2 is 1.59 bits per heavy atom. The molecule has 1 saturated heterocycles. The molecule has 0 radical (unpaired) electrons. The number of esters is 3. The zero-order valence-electron chi connectivity index (χ0n) is 23.7. The molecule has 1 heterocycles. The van der Waals surface area contributed by atoms with E-state index in [9.17, 15) is 24.3 Å². The van der Waals surface area contributed by atoms with Gasteiger partial charge in [0.2, 0.25) is 6.29 Å². The van der Waals surface area contributed by atoms with Crippen molar-refractivity contribution in [2.45, 2.75) is 71.6 Å². The molecule has 1 aliphatic heterocycles. The van der Waals surface area contributed by atoms with Crippen LogP contribution >= 0.6 is 0 Å². The maximum Gasteiger partial charge on any atom is 0.303 e. The van der Waals surface area contributed by atoms with Gasteiger partial charge in [-0.25, -0.2) is 0 Å². The second-order valence-electron chi connectivity index (χ2n) is 9.45. The molecule has 1 amide bonds. The number of carbonyl (C=O) groups excluding carboxylic acids is 4. The minimum absolute atomic E-state index is 0.209. The van der Waals surface area contributed by atoms with E-state index in [1.807, 2.05) is 12.1 Å². The number of ether oxygens (including phenoxy) is 6. The first kappa shape index (κ1) is 31.5. The van der Waals surface area contributed by atoms with Gasteiger partial charge in [-0.15, -0.1) is 0 Å². The highest BCUT2D eigenvalue weighted by Crippen LogP contribution is 2.33. The van der Waals surface area contributed by atoms with Crippen molar-refractivity contribution in [2.75, 3.05) is 13.7 Å². The molecule has 0 aromatic heterocycles. The molecule has 0 bridgehead atoms. The fraction of sp³-hybridized carbons (Fsp3) is 0.448. The first-order valence-electron chi connectivity index (χ1n) is 13.0. The molecule has 1 fully saturated rings. The Hall–Kier alpha value is -4.00. The summed E-state index contributed by atoms with van der Waals surface area (Å²) in [6.45, 7) is 6.35. The Labute approximate surface area is 237 Å². The van der Waals surface area contributed by atoms with Crippen LogP contribution in [0.5, 0.6) is 5.75 Å². The number of benzene rings is 2. The van der Waals surface area contributed by atoms with E-state index in [1.165, 1.54) is 27.7 Å². The lowest BCUT2D eigenvalue weighted by Gasteiger charge is -2.44. The Morgan fingerprint density at radius 3 is 2.17 bits per heavy atom. The van der Waals surface area contributed by atoms with E-state index < -0.39 is 54.9 Å². The molecule has 2 N–H and O–H groups in total. The molecule has 1 aliphatic rings. The zero-order chi connectivity index (χ0) is 30.3. The predicted octanol–water partition coefficient (Wildman–Crippen LogP) is 2.28.